The molecule has 3 rings (SSSR count). The van der Waals surface area contributed by atoms with Crippen LogP contribution in [0.25, 0.3) is 5.57 Å². The molecule has 0 saturated carbocycles. The van der Waals surface area contributed by atoms with Crippen LogP contribution in [0.5, 0.6) is 0 Å². The van der Waals surface area contributed by atoms with Gasteiger partial charge in [-0.05, 0) is 18.2 Å². The standard InChI is InChI=1S/C15H13N3O3S/c16-22(20,21)14-8-4-3-7-13(14)17-9-11-10-5-1-2-6-12(10)18-15(11)19/h1-9,17H,(H,18,19)(H2,16,20,21). The molecular formula is C15H13N3O3S. The summed E-state index contributed by atoms with van der Waals surface area (Å²) in [6.45, 7) is 0. The average molecular weight is 315 g/mol. The number of fused-ring (bicyclic) bond motifs is 1. The van der Waals surface area contributed by atoms with Crippen molar-refractivity contribution < 1.29 is 13.2 Å². The second kappa shape index (κ2) is 5.28. The van der Waals surface area contributed by atoms with Crippen LogP contribution >= 0.6 is 0 Å². The van der Waals surface area contributed by atoms with Gasteiger partial charge in [-0.1, -0.05) is 30.3 Å². The molecule has 1 aliphatic rings. The van der Waals surface area contributed by atoms with Crippen molar-refractivity contribution in [1.29, 1.82) is 0 Å². The number of carbonyl (C=O) groups is 1. The van der Waals surface area contributed by atoms with Crippen molar-refractivity contribution >= 4 is 32.9 Å². The van der Waals surface area contributed by atoms with E-state index in [-0.39, 0.29) is 10.8 Å². The second-order valence-corrected chi connectivity index (χ2v) is 6.27. The number of amides is 1. The Morgan fingerprint density at radius 1 is 1.05 bits per heavy atom. The quantitative estimate of drug-likeness (QED) is 0.751. The van der Waals surface area contributed by atoms with Gasteiger partial charge in [0.05, 0.1) is 11.3 Å². The third-order valence-electron chi connectivity index (χ3n) is 3.28. The van der Waals surface area contributed by atoms with Gasteiger partial charge < -0.3 is 10.6 Å². The first-order valence-corrected chi connectivity index (χ1v) is 8.01. The number of benzene rings is 2. The predicted octanol–water partition coefficient (Wildman–Crippen LogP) is 1.74. The molecule has 1 aliphatic heterocycles. The minimum Gasteiger partial charge on any atom is -0.360 e. The summed E-state index contributed by atoms with van der Waals surface area (Å²) in [5, 5.41) is 10.8. The van der Waals surface area contributed by atoms with E-state index in [2.05, 4.69) is 10.6 Å². The van der Waals surface area contributed by atoms with E-state index < -0.39 is 10.0 Å². The zero-order chi connectivity index (χ0) is 15.7. The van der Waals surface area contributed by atoms with Crippen LogP contribution < -0.4 is 15.8 Å². The molecule has 7 heteroatoms. The summed E-state index contributed by atoms with van der Waals surface area (Å²) in [5.74, 6) is -0.248. The molecule has 0 unspecified atom stereocenters. The first kappa shape index (κ1) is 14.3. The molecule has 112 valence electrons. The van der Waals surface area contributed by atoms with Gasteiger partial charge in [-0.25, -0.2) is 13.6 Å². The highest BCUT2D eigenvalue weighted by Gasteiger charge is 2.23. The lowest BCUT2D eigenvalue weighted by atomic mass is 10.1. The molecule has 0 saturated heterocycles. The smallest absolute Gasteiger partial charge is 0.257 e. The third kappa shape index (κ3) is 2.59. The van der Waals surface area contributed by atoms with E-state index in [0.29, 0.717) is 11.3 Å². The van der Waals surface area contributed by atoms with E-state index >= 15 is 0 Å². The van der Waals surface area contributed by atoms with Crippen molar-refractivity contribution in [2.24, 2.45) is 5.14 Å². The Bertz CT molecular complexity index is 888. The summed E-state index contributed by atoms with van der Waals surface area (Å²) < 4.78 is 23.1. The molecule has 0 fully saturated rings. The van der Waals surface area contributed by atoms with Crippen LogP contribution in [0.3, 0.4) is 0 Å². The molecule has 0 aromatic heterocycles. The normalized spacial score (nSPS) is 15.5. The summed E-state index contributed by atoms with van der Waals surface area (Å²) in [5.41, 5.74) is 2.22. The molecule has 22 heavy (non-hydrogen) atoms. The average Bonchev–Trinajstić information content (AvgIpc) is 2.80. The Labute approximate surface area is 127 Å². The lowest BCUT2D eigenvalue weighted by Crippen LogP contribution is -2.14. The van der Waals surface area contributed by atoms with Crippen molar-refractivity contribution in [1.82, 2.24) is 0 Å². The fourth-order valence-electron chi connectivity index (χ4n) is 2.27. The summed E-state index contributed by atoms with van der Waals surface area (Å²) in [6.07, 6.45) is 1.48. The van der Waals surface area contributed by atoms with Gasteiger partial charge in [-0.3, -0.25) is 4.79 Å². The molecule has 4 N–H and O–H groups in total. The van der Waals surface area contributed by atoms with Gasteiger partial charge in [0.2, 0.25) is 10.0 Å². The van der Waals surface area contributed by atoms with Crippen LogP contribution in [0.15, 0.2) is 59.6 Å². The highest BCUT2D eigenvalue weighted by molar-refractivity contribution is 7.89. The number of hydrogen-bond acceptors (Lipinski definition) is 4. The Morgan fingerprint density at radius 3 is 2.50 bits per heavy atom. The number of nitrogens with one attached hydrogen (secondary N) is 2. The number of para-hydroxylation sites is 2. The summed E-state index contributed by atoms with van der Waals surface area (Å²) in [4.78, 5) is 11.9. The van der Waals surface area contributed by atoms with Crippen molar-refractivity contribution in [3.63, 3.8) is 0 Å². The monoisotopic (exact) mass is 315 g/mol. The highest BCUT2D eigenvalue weighted by Crippen LogP contribution is 2.31. The Morgan fingerprint density at radius 2 is 1.73 bits per heavy atom. The number of carbonyl (C=O) groups excluding carboxylic acids is 1. The first-order chi connectivity index (χ1) is 10.5. The Balaban J connectivity index is 1.98. The van der Waals surface area contributed by atoms with Gasteiger partial charge in [-0.15, -0.1) is 0 Å². The molecule has 1 amide bonds. The SMILES string of the molecule is NS(=O)(=O)c1ccccc1NC=C1C(=O)Nc2ccccc21. The van der Waals surface area contributed by atoms with E-state index in [1.807, 2.05) is 18.2 Å². The number of hydrogen-bond donors (Lipinski definition) is 3. The van der Waals surface area contributed by atoms with Crippen LogP contribution in [0.2, 0.25) is 0 Å². The zero-order valence-corrected chi connectivity index (χ0v) is 12.2. The Hall–Kier alpha value is -2.64. The first-order valence-electron chi connectivity index (χ1n) is 6.46. The van der Waals surface area contributed by atoms with Crippen LogP contribution in [0.1, 0.15) is 5.56 Å². The third-order valence-corrected chi connectivity index (χ3v) is 4.24. The van der Waals surface area contributed by atoms with Gasteiger partial charge in [0.15, 0.2) is 0 Å². The molecule has 0 bridgehead atoms. The maximum Gasteiger partial charge on any atom is 0.257 e. The largest absolute Gasteiger partial charge is 0.360 e. The molecule has 1 heterocycles. The van der Waals surface area contributed by atoms with Gasteiger partial charge >= 0.3 is 0 Å². The second-order valence-electron chi connectivity index (χ2n) is 4.74. The minimum atomic E-state index is -3.85. The van der Waals surface area contributed by atoms with Crippen molar-refractivity contribution in [3.05, 3.63) is 60.3 Å². The van der Waals surface area contributed by atoms with Gasteiger partial charge in [-0.2, -0.15) is 0 Å². The van der Waals surface area contributed by atoms with Crippen molar-refractivity contribution in [2.75, 3.05) is 10.6 Å². The van der Waals surface area contributed by atoms with Gasteiger partial charge in [0, 0.05) is 17.5 Å². The maximum absolute atomic E-state index is 12.0. The van der Waals surface area contributed by atoms with Gasteiger partial charge in [0.25, 0.3) is 5.91 Å². The van der Waals surface area contributed by atoms with E-state index in [9.17, 15) is 13.2 Å². The summed E-state index contributed by atoms with van der Waals surface area (Å²) >= 11 is 0. The van der Waals surface area contributed by atoms with E-state index in [4.69, 9.17) is 5.14 Å². The molecule has 2 aromatic carbocycles. The highest BCUT2D eigenvalue weighted by atomic mass is 32.2. The summed E-state index contributed by atoms with van der Waals surface area (Å²) in [6, 6.07) is 13.5. The zero-order valence-electron chi connectivity index (χ0n) is 11.4. The molecule has 0 spiro atoms. The minimum absolute atomic E-state index is 0.0291. The number of rotatable bonds is 3. The Kier molecular flexibility index (Phi) is 3.44. The lowest BCUT2D eigenvalue weighted by molar-refractivity contribution is -0.110. The van der Waals surface area contributed by atoms with Crippen molar-refractivity contribution in [2.45, 2.75) is 4.90 Å². The van der Waals surface area contributed by atoms with Crippen LogP contribution in [0, 0.1) is 0 Å². The molecular weight excluding hydrogens is 302 g/mol. The molecule has 0 aliphatic carbocycles. The molecule has 6 nitrogen and oxygen atoms in total. The van der Waals surface area contributed by atoms with E-state index in [0.717, 1.165) is 11.3 Å². The number of nitrogens with two attached hydrogens (primary N) is 1. The fraction of sp³-hybridized carbons (Fsp3) is 0. The molecule has 0 atom stereocenters. The topological polar surface area (TPSA) is 101 Å². The fourth-order valence-corrected chi connectivity index (χ4v) is 2.97. The number of primary sulfonamides is 1. The maximum atomic E-state index is 12.0. The van der Waals surface area contributed by atoms with Crippen LogP contribution in [0.4, 0.5) is 11.4 Å². The van der Waals surface area contributed by atoms with Crippen LogP contribution in [-0.4, -0.2) is 14.3 Å². The number of sulfonamides is 1. The summed E-state index contributed by atoms with van der Waals surface area (Å²) in [7, 11) is -3.85. The van der Waals surface area contributed by atoms with E-state index in [1.54, 1.807) is 24.3 Å². The lowest BCUT2D eigenvalue weighted by Gasteiger charge is -2.07. The van der Waals surface area contributed by atoms with Crippen LogP contribution in [-0.2, 0) is 14.8 Å². The predicted molar refractivity (Wildman–Crippen MR) is 84.5 cm³/mol. The number of anilines is 2. The molecule has 0 radical (unpaired) electrons. The van der Waals surface area contributed by atoms with Crippen molar-refractivity contribution in [3.8, 4) is 0 Å². The molecule has 2 aromatic rings. The van der Waals surface area contributed by atoms with E-state index in [1.165, 1.54) is 12.3 Å². The van der Waals surface area contributed by atoms with Gasteiger partial charge in [0.1, 0.15) is 4.90 Å².